The number of halogens is 1. The van der Waals surface area contributed by atoms with Gasteiger partial charge >= 0.3 is 0 Å². The third-order valence-electron chi connectivity index (χ3n) is 1.65. The number of nitrogens with one attached hydrogen (secondary N) is 2. The highest BCUT2D eigenvalue weighted by Crippen LogP contribution is 1.85. The molecule has 6 nitrogen and oxygen atoms in total. The summed E-state index contributed by atoms with van der Waals surface area (Å²) in [7, 11) is -3.13. The third kappa shape index (κ3) is 11.9. The van der Waals surface area contributed by atoms with Gasteiger partial charge in [-0.3, -0.25) is 0 Å². The monoisotopic (exact) mass is 376 g/mol. The summed E-state index contributed by atoms with van der Waals surface area (Å²) in [5.74, 6) is 0.366. The van der Waals surface area contributed by atoms with E-state index in [9.17, 15) is 8.42 Å². The van der Waals surface area contributed by atoms with Crippen molar-refractivity contribution in [3.8, 4) is 0 Å². The van der Waals surface area contributed by atoms with Crippen molar-refractivity contribution in [1.82, 2.24) is 10.0 Å². The minimum absolute atomic E-state index is 0. The predicted octanol–water partition coefficient (Wildman–Crippen LogP) is 0.0241. The molecule has 0 aromatic heterocycles. The van der Waals surface area contributed by atoms with Gasteiger partial charge in [0.25, 0.3) is 0 Å². The molecule has 0 atom stereocenters. The van der Waals surface area contributed by atoms with Crippen LogP contribution in [0.4, 0.5) is 0 Å². The molecular formula is C9H21IN4O2S. The molecule has 0 rings (SSSR count). The van der Waals surface area contributed by atoms with E-state index in [1.165, 1.54) is 0 Å². The first-order chi connectivity index (χ1) is 7.37. The van der Waals surface area contributed by atoms with Gasteiger partial charge in [-0.25, -0.2) is 18.1 Å². The highest BCUT2D eigenvalue weighted by molar-refractivity contribution is 14.0. The summed E-state index contributed by atoms with van der Waals surface area (Å²) < 4.78 is 24.5. The molecule has 0 aliphatic carbocycles. The van der Waals surface area contributed by atoms with Crippen molar-refractivity contribution in [2.75, 3.05) is 25.4 Å². The van der Waals surface area contributed by atoms with E-state index in [4.69, 9.17) is 5.73 Å². The van der Waals surface area contributed by atoms with E-state index in [-0.39, 0.29) is 29.7 Å². The van der Waals surface area contributed by atoms with Crippen molar-refractivity contribution in [3.63, 3.8) is 0 Å². The summed E-state index contributed by atoms with van der Waals surface area (Å²) in [6, 6.07) is 0. The Morgan fingerprint density at radius 3 is 2.47 bits per heavy atom. The minimum Gasteiger partial charge on any atom is -0.370 e. The van der Waals surface area contributed by atoms with Crippen molar-refractivity contribution < 1.29 is 8.42 Å². The van der Waals surface area contributed by atoms with Crippen LogP contribution in [0.25, 0.3) is 0 Å². The van der Waals surface area contributed by atoms with E-state index in [0.717, 1.165) is 5.57 Å². The number of rotatable bonds is 7. The van der Waals surface area contributed by atoms with Gasteiger partial charge in [0.15, 0.2) is 5.96 Å². The Hall–Kier alpha value is -0.350. The number of nitrogens with two attached hydrogens (primary N) is 1. The zero-order valence-electron chi connectivity index (χ0n) is 10.2. The summed E-state index contributed by atoms with van der Waals surface area (Å²) in [5.41, 5.74) is 6.44. The molecule has 0 aliphatic heterocycles. The van der Waals surface area contributed by atoms with Crippen LogP contribution in [0.3, 0.4) is 0 Å². The molecule has 0 saturated heterocycles. The molecule has 0 radical (unpaired) electrons. The normalized spacial score (nSPS) is 11.8. The second-order valence-corrected chi connectivity index (χ2v) is 5.48. The second-order valence-electron chi connectivity index (χ2n) is 3.38. The van der Waals surface area contributed by atoms with E-state index in [1.807, 2.05) is 6.92 Å². The first-order valence-corrected chi connectivity index (χ1v) is 6.68. The van der Waals surface area contributed by atoms with Gasteiger partial charge in [-0.05, 0) is 13.8 Å². The molecule has 0 aromatic rings. The van der Waals surface area contributed by atoms with Crippen molar-refractivity contribution in [3.05, 3.63) is 12.2 Å². The summed E-state index contributed by atoms with van der Waals surface area (Å²) in [5, 5.41) is 2.79. The second kappa shape index (κ2) is 9.66. The highest BCUT2D eigenvalue weighted by atomic mass is 127. The van der Waals surface area contributed by atoms with Gasteiger partial charge in [0.1, 0.15) is 0 Å². The van der Waals surface area contributed by atoms with Crippen LogP contribution in [0.1, 0.15) is 13.8 Å². The van der Waals surface area contributed by atoms with Gasteiger partial charge in [-0.1, -0.05) is 12.2 Å². The molecule has 0 saturated carbocycles. The Morgan fingerprint density at radius 2 is 2.00 bits per heavy atom. The SMILES string of the molecule is C=C(C)CN=C(N)NCCNS(=O)(=O)CC.I. The Kier molecular flexibility index (Phi) is 10.8. The zero-order valence-corrected chi connectivity index (χ0v) is 13.3. The molecule has 4 N–H and O–H groups in total. The third-order valence-corrected chi connectivity index (χ3v) is 3.06. The van der Waals surface area contributed by atoms with Gasteiger partial charge in [0, 0.05) is 13.1 Å². The van der Waals surface area contributed by atoms with Crippen LogP contribution in [0, 0.1) is 0 Å². The van der Waals surface area contributed by atoms with E-state index in [1.54, 1.807) is 6.92 Å². The number of sulfonamides is 1. The smallest absolute Gasteiger partial charge is 0.211 e. The molecule has 0 spiro atoms. The average Bonchev–Trinajstić information content (AvgIpc) is 2.21. The molecule has 0 unspecified atom stereocenters. The molecule has 8 heteroatoms. The molecule has 0 aliphatic rings. The summed E-state index contributed by atoms with van der Waals surface area (Å²) in [4.78, 5) is 3.98. The molecule has 102 valence electrons. The van der Waals surface area contributed by atoms with Crippen LogP contribution < -0.4 is 15.8 Å². The molecule has 17 heavy (non-hydrogen) atoms. The number of hydrogen-bond acceptors (Lipinski definition) is 3. The first-order valence-electron chi connectivity index (χ1n) is 5.03. The van der Waals surface area contributed by atoms with Gasteiger partial charge in [0.05, 0.1) is 12.3 Å². The van der Waals surface area contributed by atoms with Crippen molar-refractivity contribution in [2.45, 2.75) is 13.8 Å². The van der Waals surface area contributed by atoms with Crippen molar-refractivity contribution in [2.24, 2.45) is 10.7 Å². The largest absolute Gasteiger partial charge is 0.370 e. The fourth-order valence-corrected chi connectivity index (χ4v) is 1.39. The lowest BCUT2D eigenvalue weighted by Crippen LogP contribution is -2.38. The van der Waals surface area contributed by atoms with Gasteiger partial charge < -0.3 is 11.1 Å². The fraction of sp³-hybridized carbons (Fsp3) is 0.667. The number of hydrogen-bond donors (Lipinski definition) is 3. The average molecular weight is 376 g/mol. The minimum atomic E-state index is -3.13. The lowest BCUT2D eigenvalue weighted by Gasteiger charge is -2.06. The van der Waals surface area contributed by atoms with E-state index in [0.29, 0.717) is 25.6 Å². The van der Waals surface area contributed by atoms with Crippen LogP contribution in [0.2, 0.25) is 0 Å². The van der Waals surface area contributed by atoms with Crippen molar-refractivity contribution in [1.29, 1.82) is 0 Å². The van der Waals surface area contributed by atoms with Gasteiger partial charge in [-0.15, -0.1) is 24.0 Å². The highest BCUT2D eigenvalue weighted by Gasteiger charge is 2.03. The van der Waals surface area contributed by atoms with Crippen LogP contribution in [0.15, 0.2) is 17.1 Å². The number of guanidine groups is 1. The van der Waals surface area contributed by atoms with Crippen LogP contribution in [-0.4, -0.2) is 39.8 Å². The zero-order chi connectivity index (χ0) is 12.6. The Balaban J connectivity index is 0. The topological polar surface area (TPSA) is 96.6 Å². The maximum absolute atomic E-state index is 11.0. The van der Waals surface area contributed by atoms with E-state index >= 15 is 0 Å². The molecule has 0 heterocycles. The molecular weight excluding hydrogens is 355 g/mol. The summed E-state index contributed by atoms with van der Waals surface area (Å²) in [6.07, 6.45) is 0. The van der Waals surface area contributed by atoms with Gasteiger partial charge in [-0.2, -0.15) is 0 Å². The lowest BCUT2D eigenvalue weighted by atomic mass is 10.4. The maximum Gasteiger partial charge on any atom is 0.211 e. The first kappa shape index (κ1) is 19.0. The molecule has 0 aromatic carbocycles. The molecule has 0 amide bonds. The quantitative estimate of drug-likeness (QED) is 0.192. The molecule has 0 bridgehead atoms. The summed E-state index contributed by atoms with van der Waals surface area (Å²) in [6.45, 7) is 8.29. The van der Waals surface area contributed by atoms with Crippen LogP contribution in [-0.2, 0) is 10.0 Å². The van der Waals surface area contributed by atoms with Crippen LogP contribution >= 0.6 is 24.0 Å². The number of aliphatic imine (C=N–C) groups is 1. The molecule has 0 fully saturated rings. The standard InChI is InChI=1S/C9H20N4O2S.HI/c1-4-16(14,15)13-6-5-11-9(10)12-7-8(2)3;/h13H,2,4-7H2,1,3H3,(H3,10,11,12);1H. The number of nitrogens with zero attached hydrogens (tertiary/aromatic N) is 1. The Labute approximate surface area is 120 Å². The van der Waals surface area contributed by atoms with E-state index in [2.05, 4.69) is 21.6 Å². The predicted molar refractivity (Wildman–Crippen MR) is 82.2 cm³/mol. The van der Waals surface area contributed by atoms with E-state index < -0.39 is 10.0 Å². The Morgan fingerprint density at radius 1 is 1.41 bits per heavy atom. The van der Waals surface area contributed by atoms with Gasteiger partial charge in [0.2, 0.25) is 10.0 Å². The lowest BCUT2D eigenvalue weighted by molar-refractivity contribution is 0.582. The Bertz CT molecular complexity index is 354. The summed E-state index contributed by atoms with van der Waals surface area (Å²) >= 11 is 0. The van der Waals surface area contributed by atoms with Crippen LogP contribution in [0.5, 0.6) is 0 Å². The van der Waals surface area contributed by atoms with Crippen molar-refractivity contribution >= 4 is 40.0 Å². The fourth-order valence-electron chi connectivity index (χ4n) is 0.775. The maximum atomic E-state index is 11.0.